The van der Waals surface area contributed by atoms with Crippen LogP contribution in [0.1, 0.15) is 22.6 Å². The van der Waals surface area contributed by atoms with E-state index in [1.54, 1.807) is 6.07 Å². The molecule has 51 heavy (non-hydrogen) atoms. The maximum absolute atomic E-state index is 14.4. The zero-order valence-corrected chi connectivity index (χ0v) is 27.3. The summed E-state index contributed by atoms with van der Waals surface area (Å²) in [4.78, 5) is 22.2. The first-order chi connectivity index (χ1) is 23.9. The fourth-order valence-electron chi connectivity index (χ4n) is 4.51. The maximum Gasteiger partial charge on any atom is 0.308 e. The van der Waals surface area contributed by atoms with Crippen LogP contribution < -0.4 is 10.8 Å². The van der Waals surface area contributed by atoms with E-state index in [2.05, 4.69) is 20.3 Å². The highest BCUT2D eigenvalue weighted by Gasteiger charge is 2.33. The molecule has 5 rings (SSSR count). The molecular formula is C31H24F4N6O8S2. The van der Waals surface area contributed by atoms with Crippen LogP contribution in [0.2, 0.25) is 0 Å². The van der Waals surface area contributed by atoms with Crippen molar-refractivity contribution in [3.8, 4) is 6.07 Å². The third-order valence-corrected chi connectivity index (χ3v) is 8.68. The number of pyridine rings is 3. The van der Waals surface area contributed by atoms with Crippen LogP contribution in [0, 0.1) is 23.0 Å². The molecule has 0 aliphatic carbocycles. The van der Waals surface area contributed by atoms with Crippen LogP contribution >= 0.6 is 0 Å². The second kappa shape index (κ2) is 15.4. The summed E-state index contributed by atoms with van der Waals surface area (Å²) >= 11 is 0. The number of carbonyl (C=O) groups excluding carboxylic acids is 1. The van der Waals surface area contributed by atoms with Crippen LogP contribution in [0.25, 0.3) is 10.8 Å². The highest BCUT2D eigenvalue weighted by molar-refractivity contribution is 7.86. The smallest absolute Gasteiger partial charge is 0.308 e. The quantitative estimate of drug-likeness (QED) is 0.0969. The molecule has 0 atom stereocenters. The average Bonchev–Trinajstić information content (AvgIpc) is 3.08. The van der Waals surface area contributed by atoms with E-state index in [4.69, 9.17) is 9.11 Å². The van der Waals surface area contributed by atoms with Crippen molar-refractivity contribution in [2.45, 2.75) is 28.7 Å². The lowest BCUT2D eigenvalue weighted by atomic mass is 10.1. The molecule has 0 spiro atoms. The van der Waals surface area contributed by atoms with Gasteiger partial charge in [-0.2, -0.15) is 35.6 Å². The van der Waals surface area contributed by atoms with Crippen molar-refractivity contribution in [2.75, 3.05) is 6.54 Å². The highest BCUT2D eigenvalue weighted by Crippen LogP contribution is 2.28. The summed E-state index contributed by atoms with van der Waals surface area (Å²) < 4.78 is 119. The van der Waals surface area contributed by atoms with E-state index < -0.39 is 88.9 Å². The van der Waals surface area contributed by atoms with Gasteiger partial charge in [-0.05, 0) is 42.5 Å². The van der Waals surface area contributed by atoms with E-state index in [0.29, 0.717) is 6.07 Å². The largest absolute Gasteiger partial charge is 0.427 e. The van der Waals surface area contributed by atoms with Crippen LogP contribution in [0.5, 0.6) is 0 Å². The van der Waals surface area contributed by atoms with Crippen LogP contribution in [0.15, 0.2) is 100.0 Å². The zero-order valence-electron chi connectivity index (χ0n) is 25.7. The predicted molar refractivity (Wildman–Crippen MR) is 168 cm³/mol. The number of fused-ring (bicyclic) bond motifs is 1. The Morgan fingerprint density at radius 3 is 2.02 bits per heavy atom. The van der Waals surface area contributed by atoms with E-state index in [1.807, 2.05) is 0 Å². The van der Waals surface area contributed by atoms with Crippen LogP contribution in [-0.2, 0) is 43.9 Å². The molecule has 5 aromatic rings. The summed E-state index contributed by atoms with van der Waals surface area (Å²) in [6.07, 6.45) is 1.84. The van der Waals surface area contributed by atoms with E-state index in [0.717, 1.165) is 30.5 Å². The molecule has 0 fully saturated rings. The van der Waals surface area contributed by atoms with Crippen molar-refractivity contribution in [1.29, 1.82) is 5.26 Å². The molecule has 0 radical (unpaired) electrons. The number of benzene rings is 2. The van der Waals surface area contributed by atoms with Crippen molar-refractivity contribution in [2.24, 2.45) is 4.99 Å². The number of alkyl halides is 2. The summed E-state index contributed by atoms with van der Waals surface area (Å²) in [5.41, 5.74) is -2.35. The molecule has 0 bridgehead atoms. The summed E-state index contributed by atoms with van der Waals surface area (Å²) in [7, 11) is -8.94. The molecule has 3 aromatic heterocycles. The van der Waals surface area contributed by atoms with Gasteiger partial charge in [-0.3, -0.25) is 28.9 Å². The monoisotopic (exact) mass is 748 g/mol. The Balaban J connectivity index is 0.000000272. The molecule has 0 aliphatic rings. The molecule has 266 valence electrons. The first kappa shape index (κ1) is 38.1. The van der Waals surface area contributed by atoms with E-state index in [9.17, 15) is 49.7 Å². The average molecular weight is 749 g/mol. The number of halogens is 4. The van der Waals surface area contributed by atoms with Crippen LogP contribution in [-0.4, -0.2) is 58.3 Å². The molecule has 3 heterocycles. The summed E-state index contributed by atoms with van der Waals surface area (Å²) in [5, 5.41) is 22.0. The Kier molecular flexibility index (Phi) is 11.5. The lowest BCUT2D eigenvalue weighted by molar-refractivity contribution is -0.120. The number of nitriles is 1. The van der Waals surface area contributed by atoms with Gasteiger partial charge in [0.25, 0.3) is 20.2 Å². The Morgan fingerprint density at radius 1 is 0.882 bits per heavy atom. The minimum absolute atomic E-state index is 0.0233. The van der Waals surface area contributed by atoms with Gasteiger partial charge in [0.15, 0.2) is 11.3 Å². The maximum atomic E-state index is 14.4. The number of hydrogen-bond acceptors (Lipinski definition) is 10. The van der Waals surface area contributed by atoms with Crippen molar-refractivity contribution >= 4 is 36.9 Å². The summed E-state index contributed by atoms with van der Waals surface area (Å²) in [5.74, 6) is -6.23. The molecule has 1 amide bonds. The molecule has 20 heteroatoms. The normalized spacial score (nSPS) is 12.1. The number of amides is 1. The molecule has 4 N–H and O–H groups in total. The zero-order chi connectivity index (χ0) is 37.6. The van der Waals surface area contributed by atoms with Gasteiger partial charge in [0.1, 0.15) is 33.9 Å². The van der Waals surface area contributed by atoms with Gasteiger partial charge < -0.3 is 10.5 Å². The summed E-state index contributed by atoms with van der Waals surface area (Å²) in [6.45, 7) is -1.54. The lowest BCUT2D eigenvalue weighted by Gasteiger charge is -2.14. The van der Waals surface area contributed by atoms with Crippen molar-refractivity contribution in [3.63, 3.8) is 0 Å². The molecular weight excluding hydrogens is 725 g/mol. The molecule has 2 aromatic carbocycles. The number of rotatable bonds is 9. The fourth-order valence-corrected chi connectivity index (χ4v) is 5.92. The predicted octanol–water partition coefficient (Wildman–Crippen LogP) is 3.55. The van der Waals surface area contributed by atoms with Gasteiger partial charge in [0.05, 0.1) is 29.9 Å². The van der Waals surface area contributed by atoms with Crippen LogP contribution in [0.3, 0.4) is 0 Å². The van der Waals surface area contributed by atoms with E-state index in [-0.39, 0.29) is 27.7 Å². The van der Waals surface area contributed by atoms with Gasteiger partial charge in [0, 0.05) is 23.2 Å². The van der Waals surface area contributed by atoms with Gasteiger partial charge >= 0.3 is 5.92 Å². The third-order valence-electron chi connectivity index (χ3n) is 6.85. The Labute approximate surface area is 286 Å². The van der Waals surface area contributed by atoms with E-state index in [1.165, 1.54) is 48.7 Å². The SMILES string of the molecule is N#Cc1cc(F)c(=NCC(F)(F)c2ccccn2)n(O)c1CC(=O)NCc1ncccc1F.O=S(=O)(O)c1cccc2c(S(=O)(=O)O)cccc12. The molecule has 0 saturated heterocycles. The molecule has 14 nitrogen and oxygen atoms in total. The van der Waals surface area contributed by atoms with Gasteiger partial charge in [-0.25, -0.2) is 8.78 Å². The minimum Gasteiger partial charge on any atom is -0.427 e. The van der Waals surface area contributed by atoms with Gasteiger partial charge in [-0.15, -0.1) is 0 Å². The van der Waals surface area contributed by atoms with Crippen LogP contribution in [0.4, 0.5) is 17.6 Å². The molecule has 0 unspecified atom stereocenters. The van der Waals surface area contributed by atoms with E-state index >= 15 is 0 Å². The van der Waals surface area contributed by atoms with Gasteiger partial charge in [0.2, 0.25) is 5.91 Å². The van der Waals surface area contributed by atoms with Crippen molar-refractivity contribution in [1.82, 2.24) is 20.0 Å². The Bertz CT molecular complexity index is 2370. The van der Waals surface area contributed by atoms with Crippen molar-refractivity contribution in [3.05, 3.63) is 125 Å². The standard InChI is InChI=1S/C21H16F4N6O2.C10H8O6S2/c22-14-4-3-7-27-16(14)11-29-19(32)9-17-13(10-26)8-15(23)20(31(17)33)30-12-21(24,25)18-5-1-2-6-28-18;11-17(12,13)9-5-1-3-7-8(9)4-2-6-10(7)18(14,15)16/h1-8,33H,9,11-12H2,(H,29,32);1-6H,(H,11,12,13)(H,14,15,16). The number of nitrogens with zero attached hydrogens (tertiary/aromatic N) is 5. The minimum atomic E-state index is -4.47. The Hall–Kier alpha value is -5.75. The number of nitrogens with one attached hydrogen (secondary N) is 1. The lowest BCUT2D eigenvalue weighted by Crippen LogP contribution is -2.33. The highest BCUT2D eigenvalue weighted by atomic mass is 32.2. The number of aromatic nitrogens is 3. The molecule has 0 aliphatic heterocycles. The Morgan fingerprint density at radius 2 is 1.49 bits per heavy atom. The first-order valence-corrected chi connectivity index (χ1v) is 17.0. The summed E-state index contributed by atoms with van der Waals surface area (Å²) in [6, 6.07) is 16.2. The number of hydrogen-bond donors (Lipinski definition) is 4. The first-order valence-electron chi connectivity index (χ1n) is 14.1. The van der Waals surface area contributed by atoms with Gasteiger partial charge in [-0.1, -0.05) is 30.3 Å². The van der Waals surface area contributed by atoms with Crippen molar-refractivity contribution < 1.29 is 53.5 Å². The fraction of sp³-hybridized carbons (Fsp3) is 0.129. The topological polar surface area (TPSA) is 225 Å². The number of carbonyl (C=O) groups is 1. The second-order valence-corrected chi connectivity index (χ2v) is 13.1. The second-order valence-electron chi connectivity index (χ2n) is 10.3. The third kappa shape index (κ3) is 9.28. The molecule has 0 saturated carbocycles.